The molecule has 4 N–H and O–H groups in total. The fourth-order valence-corrected chi connectivity index (χ4v) is 9.44. The number of aryl methyl sites for hydroxylation is 2. The first-order valence-electron chi connectivity index (χ1n) is 21.1. The van der Waals surface area contributed by atoms with Crippen molar-refractivity contribution in [3.63, 3.8) is 0 Å². The van der Waals surface area contributed by atoms with E-state index in [9.17, 15) is 24.0 Å². The molecule has 2 aromatic heterocycles. The predicted molar refractivity (Wildman–Crippen MR) is 233 cm³/mol. The number of carbonyl (C=O) groups excluding carboxylic acids is 5. The molecule has 4 aromatic rings. The van der Waals surface area contributed by atoms with Crippen LogP contribution < -0.4 is 21.3 Å². The number of fused-ring (bicyclic) bond motifs is 3. The van der Waals surface area contributed by atoms with E-state index >= 15 is 0 Å². The summed E-state index contributed by atoms with van der Waals surface area (Å²) in [7, 11) is 0. The van der Waals surface area contributed by atoms with Crippen molar-refractivity contribution in [2.24, 2.45) is 4.99 Å². The molecule has 1 saturated heterocycles. The summed E-state index contributed by atoms with van der Waals surface area (Å²) in [5.74, 6) is 0.289. The molecule has 4 heterocycles. The summed E-state index contributed by atoms with van der Waals surface area (Å²) in [5.41, 5.74) is 4.70. The van der Waals surface area contributed by atoms with Crippen LogP contribution in [0.3, 0.4) is 0 Å². The van der Waals surface area contributed by atoms with Crippen LogP contribution in [-0.2, 0) is 29.4 Å². The molecule has 7 rings (SSSR count). The Balaban J connectivity index is 0.787. The van der Waals surface area contributed by atoms with Gasteiger partial charge >= 0.3 is 0 Å². The molecule has 2 aromatic carbocycles. The largest absolute Gasteiger partial charge is 0.356 e. The number of rotatable bonds is 18. The van der Waals surface area contributed by atoms with Gasteiger partial charge in [0.05, 0.1) is 17.5 Å². The van der Waals surface area contributed by atoms with E-state index in [0.717, 1.165) is 90.2 Å². The highest BCUT2D eigenvalue weighted by Gasteiger charge is 2.52. The van der Waals surface area contributed by atoms with Gasteiger partial charge in [-0.1, -0.05) is 74.4 Å². The second-order valence-electron chi connectivity index (χ2n) is 16.2. The Hall–Kier alpha value is -5.21. The van der Waals surface area contributed by atoms with Crippen LogP contribution in [0, 0.1) is 20.8 Å². The number of unbranched alkanes of at least 4 members (excludes halogenated alkanes) is 7. The fraction of sp³-hybridized carbons (Fsp3) is 0.467. The van der Waals surface area contributed by atoms with Crippen molar-refractivity contribution in [3.05, 3.63) is 92.3 Å². The maximum atomic E-state index is 13.3. The molecule has 13 nitrogen and oxygen atoms in total. The number of amides is 5. The van der Waals surface area contributed by atoms with E-state index in [1.807, 2.05) is 55.5 Å². The van der Waals surface area contributed by atoms with Crippen LogP contribution in [0.25, 0.3) is 5.00 Å². The van der Waals surface area contributed by atoms with Crippen LogP contribution in [0.15, 0.2) is 53.5 Å². The van der Waals surface area contributed by atoms with E-state index in [-0.39, 0.29) is 36.5 Å². The first-order chi connectivity index (χ1) is 28.9. The molecular formula is C45H53ClN8O5S. The minimum Gasteiger partial charge on any atom is -0.356 e. The summed E-state index contributed by atoms with van der Waals surface area (Å²) in [5, 5.41) is 21.8. The molecule has 0 spiro atoms. The number of hydrogen-bond acceptors (Lipinski definition) is 9. The summed E-state index contributed by atoms with van der Waals surface area (Å²) in [4.78, 5) is 69.3. The zero-order chi connectivity index (χ0) is 42.4. The summed E-state index contributed by atoms with van der Waals surface area (Å²) in [6.45, 7) is 6.75. The van der Waals surface area contributed by atoms with E-state index in [4.69, 9.17) is 16.6 Å². The molecule has 1 aliphatic carbocycles. The maximum absolute atomic E-state index is 13.3. The lowest BCUT2D eigenvalue weighted by molar-refractivity contribution is -0.137. The molecule has 1 unspecified atom stereocenters. The zero-order valence-corrected chi connectivity index (χ0v) is 36.1. The van der Waals surface area contributed by atoms with Gasteiger partial charge in [-0.25, -0.2) is 0 Å². The number of halogens is 1. The SMILES string of the molecule is Cc1sc2c(c1C)C(c1ccc(Cl)cc1)=N[C@@H](CC(=O)NCCCCCCCCCCC(=O)Nc1cccc(C3(C(=O)NC4CCC(=O)NC4=O)CC3)c1)c1nnc(C)n1-2. The molecule has 2 atom stereocenters. The summed E-state index contributed by atoms with van der Waals surface area (Å²) < 4.78 is 2.06. The average molecular weight is 853 g/mol. The molecule has 15 heteroatoms. The highest BCUT2D eigenvalue weighted by atomic mass is 35.5. The minimum atomic E-state index is -0.720. The third-order valence-electron chi connectivity index (χ3n) is 11.8. The van der Waals surface area contributed by atoms with Crippen molar-refractivity contribution in [2.75, 3.05) is 11.9 Å². The van der Waals surface area contributed by atoms with Gasteiger partial charge in [0.2, 0.25) is 29.5 Å². The van der Waals surface area contributed by atoms with Gasteiger partial charge in [-0.15, -0.1) is 21.5 Å². The van der Waals surface area contributed by atoms with E-state index in [1.54, 1.807) is 11.3 Å². The molecule has 2 fully saturated rings. The van der Waals surface area contributed by atoms with Crippen molar-refractivity contribution in [1.29, 1.82) is 0 Å². The smallest absolute Gasteiger partial charge is 0.249 e. The number of aliphatic imine (C=N–C) groups is 1. The van der Waals surface area contributed by atoms with Crippen LogP contribution in [0.1, 0.15) is 135 Å². The van der Waals surface area contributed by atoms with Crippen molar-refractivity contribution in [3.8, 4) is 5.00 Å². The number of hydrogen-bond donors (Lipinski definition) is 4. The summed E-state index contributed by atoms with van der Waals surface area (Å²) in [6.07, 6.45) is 10.4. The molecule has 2 aliphatic heterocycles. The van der Waals surface area contributed by atoms with Crippen molar-refractivity contribution < 1.29 is 24.0 Å². The van der Waals surface area contributed by atoms with Crippen LogP contribution in [0.5, 0.6) is 0 Å². The Kier molecular flexibility index (Phi) is 13.6. The highest BCUT2D eigenvalue weighted by Crippen LogP contribution is 2.49. The molecule has 5 amide bonds. The van der Waals surface area contributed by atoms with Crippen molar-refractivity contribution >= 4 is 63.9 Å². The summed E-state index contributed by atoms with van der Waals surface area (Å²) in [6, 6.07) is 13.8. The van der Waals surface area contributed by atoms with Gasteiger partial charge in [-0.3, -0.25) is 38.8 Å². The Bertz CT molecular complexity index is 2300. The van der Waals surface area contributed by atoms with Crippen LogP contribution in [-0.4, -0.2) is 62.6 Å². The quantitative estimate of drug-likeness (QED) is 0.0595. The second kappa shape index (κ2) is 19.0. The van der Waals surface area contributed by atoms with Gasteiger partial charge in [0.15, 0.2) is 5.82 Å². The zero-order valence-electron chi connectivity index (χ0n) is 34.5. The van der Waals surface area contributed by atoms with E-state index in [0.29, 0.717) is 48.8 Å². The fourth-order valence-electron chi connectivity index (χ4n) is 8.10. The molecule has 0 bridgehead atoms. The van der Waals surface area contributed by atoms with Gasteiger partial charge in [-0.2, -0.15) is 0 Å². The molecule has 3 aliphatic rings. The Labute approximate surface area is 359 Å². The number of nitrogens with one attached hydrogen (secondary N) is 4. The molecule has 1 saturated carbocycles. The molecule has 0 radical (unpaired) electrons. The van der Waals surface area contributed by atoms with Gasteiger partial charge in [0.1, 0.15) is 22.9 Å². The maximum Gasteiger partial charge on any atom is 0.249 e. The van der Waals surface area contributed by atoms with Crippen LogP contribution in [0.4, 0.5) is 5.69 Å². The van der Waals surface area contributed by atoms with Crippen molar-refractivity contribution in [1.82, 2.24) is 30.7 Å². The van der Waals surface area contributed by atoms with Gasteiger partial charge in [-0.05, 0) is 88.3 Å². The number of aromatic nitrogens is 3. The number of anilines is 1. The minimum absolute atomic E-state index is 0.0569. The molecular weight excluding hydrogens is 800 g/mol. The molecule has 60 heavy (non-hydrogen) atoms. The normalized spacial score (nSPS) is 17.8. The number of benzene rings is 2. The van der Waals surface area contributed by atoms with E-state index in [1.165, 1.54) is 4.88 Å². The first-order valence-corrected chi connectivity index (χ1v) is 22.3. The lowest BCUT2D eigenvalue weighted by Crippen LogP contribution is -2.54. The topological polar surface area (TPSA) is 177 Å². The molecule has 316 valence electrons. The lowest BCUT2D eigenvalue weighted by atomic mass is 9.93. The Morgan fingerprint density at radius 1 is 0.917 bits per heavy atom. The lowest BCUT2D eigenvalue weighted by Gasteiger charge is -2.25. The number of thiophene rings is 1. The third kappa shape index (κ3) is 9.87. The predicted octanol–water partition coefficient (Wildman–Crippen LogP) is 7.41. The van der Waals surface area contributed by atoms with E-state index in [2.05, 4.69) is 49.9 Å². The number of piperidine rings is 1. The highest BCUT2D eigenvalue weighted by molar-refractivity contribution is 7.15. The first kappa shape index (κ1) is 42.9. The third-order valence-corrected chi connectivity index (χ3v) is 13.3. The van der Waals surface area contributed by atoms with Crippen LogP contribution >= 0.6 is 22.9 Å². The van der Waals surface area contributed by atoms with Gasteiger partial charge in [0, 0.05) is 46.1 Å². The number of imide groups is 1. The number of nitrogens with zero attached hydrogens (tertiary/aromatic N) is 4. The van der Waals surface area contributed by atoms with Gasteiger partial charge < -0.3 is 16.0 Å². The second-order valence-corrected chi connectivity index (χ2v) is 17.9. The monoisotopic (exact) mass is 852 g/mol. The van der Waals surface area contributed by atoms with Crippen LogP contribution in [0.2, 0.25) is 5.02 Å². The standard InChI is InChI=1S/C45H53ClN8O5S/c1-27-28(2)60-43-39(27)40(30-16-18-32(46)19-17-30)49-35(41-53-52-29(3)54(41)43)26-38(57)47-24-11-9-7-5-4-6-8-10-15-36(55)48-33-14-12-13-31(25-33)45(22-23-45)44(59)50-34-20-21-37(56)51-42(34)58/h12-14,16-19,25,34-35H,4-11,15,20-24,26H2,1-3H3,(H,47,57)(H,48,55)(H,50,59)(H,51,56,58)/t34?,35-/m0/s1. The average Bonchev–Trinajstić information content (AvgIpc) is 3.90. The summed E-state index contributed by atoms with van der Waals surface area (Å²) >= 11 is 7.92. The van der Waals surface area contributed by atoms with Gasteiger partial charge in [0.25, 0.3) is 0 Å². The number of carbonyl (C=O) groups is 5. The Morgan fingerprint density at radius 2 is 1.63 bits per heavy atom. The van der Waals surface area contributed by atoms with E-state index < -0.39 is 23.4 Å². The van der Waals surface area contributed by atoms with Crippen molar-refractivity contribution in [2.45, 2.75) is 128 Å². The Morgan fingerprint density at radius 3 is 2.35 bits per heavy atom.